The number of aromatic amines is 1. The molecule has 2 aliphatic rings. The Balaban J connectivity index is 1.42. The summed E-state index contributed by atoms with van der Waals surface area (Å²) in [5, 5.41) is 7.28. The molecule has 0 spiro atoms. The lowest BCUT2D eigenvalue weighted by molar-refractivity contribution is 0.0636. The Bertz CT molecular complexity index is 1030. The highest BCUT2D eigenvalue weighted by Gasteiger charge is 2.40. The molecule has 1 fully saturated rings. The van der Waals surface area contributed by atoms with Gasteiger partial charge in [-0.2, -0.15) is 5.10 Å². The molecule has 6 heteroatoms. The van der Waals surface area contributed by atoms with Crippen molar-refractivity contribution >= 4 is 5.91 Å². The number of H-pyrrole nitrogens is 1. The van der Waals surface area contributed by atoms with E-state index in [4.69, 9.17) is 4.98 Å². The van der Waals surface area contributed by atoms with Gasteiger partial charge in [0.15, 0.2) is 0 Å². The topological polar surface area (TPSA) is 66.8 Å². The minimum absolute atomic E-state index is 0.0943. The molecule has 0 radical (unpaired) electrons. The Hall–Kier alpha value is -2.89. The van der Waals surface area contributed by atoms with Gasteiger partial charge in [-0.1, -0.05) is 30.3 Å². The first-order valence-corrected chi connectivity index (χ1v) is 10.5. The highest BCUT2D eigenvalue weighted by atomic mass is 16.2. The van der Waals surface area contributed by atoms with E-state index in [0.29, 0.717) is 11.7 Å². The second kappa shape index (κ2) is 7.17. The van der Waals surface area contributed by atoms with Gasteiger partial charge in [0.2, 0.25) is 0 Å². The Kier molecular flexibility index (Phi) is 4.49. The van der Waals surface area contributed by atoms with Crippen molar-refractivity contribution in [1.82, 2.24) is 24.6 Å². The van der Waals surface area contributed by atoms with Gasteiger partial charge in [-0.15, -0.1) is 0 Å². The molecule has 1 amide bonds. The number of hydrogen-bond acceptors (Lipinski definition) is 3. The van der Waals surface area contributed by atoms with Crippen LogP contribution in [-0.2, 0) is 19.4 Å². The van der Waals surface area contributed by atoms with E-state index >= 15 is 0 Å². The van der Waals surface area contributed by atoms with Crippen LogP contribution < -0.4 is 0 Å². The summed E-state index contributed by atoms with van der Waals surface area (Å²) in [7, 11) is 0. The average molecular weight is 390 g/mol. The fourth-order valence-electron chi connectivity index (χ4n) is 4.61. The first kappa shape index (κ1) is 18.2. The molecule has 1 saturated carbocycles. The maximum atomic E-state index is 13.6. The fourth-order valence-corrected chi connectivity index (χ4v) is 4.61. The van der Waals surface area contributed by atoms with Crippen LogP contribution in [0.5, 0.6) is 0 Å². The fraction of sp³-hybridized carbons (Fsp3) is 0.435. The molecule has 150 valence electrons. The van der Waals surface area contributed by atoms with Gasteiger partial charge in [0.1, 0.15) is 11.5 Å². The lowest BCUT2D eigenvalue weighted by Crippen LogP contribution is -2.45. The van der Waals surface area contributed by atoms with E-state index in [-0.39, 0.29) is 11.9 Å². The van der Waals surface area contributed by atoms with Crippen LogP contribution in [0.3, 0.4) is 0 Å². The number of rotatable bonds is 5. The van der Waals surface area contributed by atoms with Crippen molar-refractivity contribution in [2.24, 2.45) is 0 Å². The number of aryl methyl sites for hydroxylation is 2. The summed E-state index contributed by atoms with van der Waals surface area (Å²) in [5.41, 5.74) is 5.27. The summed E-state index contributed by atoms with van der Waals surface area (Å²) in [6.45, 7) is 4.76. The second-order valence-corrected chi connectivity index (χ2v) is 8.38. The number of carbonyl (C=O) groups excluding carboxylic acids is 1. The molecule has 5 rings (SSSR count). The zero-order valence-corrected chi connectivity index (χ0v) is 17.1. The van der Waals surface area contributed by atoms with Gasteiger partial charge in [-0.05, 0) is 57.1 Å². The third kappa shape index (κ3) is 3.37. The molecule has 29 heavy (non-hydrogen) atoms. The molecule has 1 N–H and O–H groups in total. The Morgan fingerprint density at radius 3 is 2.72 bits per heavy atom. The van der Waals surface area contributed by atoms with E-state index < -0.39 is 0 Å². The third-order valence-electron chi connectivity index (χ3n) is 6.36. The number of benzene rings is 1. The summed E-state index contributed by atoms with van der Waals surface area (Å²) >= 11 is 0. The van der Waals surface area contributed by atoms with Crippen molar-refractivity contribution in [3.63, 3.8) is 0 Å². The Morgan fingerprint density at radius 2 is 1.97 bits per heavy atom. The molecule has 6 nitrogen and oxygen atoms in total. The maximum Gasteiger partial charge on any atom is 0.274 e. The van der Waals surface area contributed by atoms with Crippen LogP contribution in [0.1, 0.15) is 58.1 Å². The number of hydrogen-bond donors (Lipinski definition) is 1. The van der Waals surface area contributed by atoms with E-state index in [2.05, 4.69) is 31.8 Å². The lowest BCUT2D eigenvalue weighted by Gasteiger charge is -2.34. The van der Waals surface area contributed by atoms with Crippen LogP contribution in [0.25, 0.3) is 0 Å². The molecule has 0 bridgehead atoms. The maximum absolute atomic E-state index is 13.6. The second-order valence-electron chi connectivity index (χ2n) is 8.38. The van der Waals surface area contributed by atoms with Crippen molar-refractivity contribution < 1.29 is 4.79 Å². The monoisotopic (exact) mass is 389 g/mol. The van der Waals surface area contributed by atoms with Gasteiger partial charge in [0.25, 0.3) is 5.91 Å². The van der Waals surface area contributed by atoms with E-state index in [1.54, 1.807) is 0 Å². The number of carbonyl (C=O) groups is 1. The van der Waals surface area contributed by atoms with Gasteiger partial charge in [-0.3, -0.25) is 9.89 Å². The summed E-state index contributed by atoms with van der Waals surface area (Å²) in [4.78, 5) is 20.5. The molecule has 0 aliphatic heterocycles. The van der Waals surface area contributed by atoms with Gasteiger partial charge < -0.3 is 9.47 Å². The molecule has 1 aromatic carbocycles. The molecule has 1 atom stereocenters. The zero-order chi connectivity index (χ0) is 20.0. The number of imidazole rings is 1. The predicted molar refractivity (Wildman–Crippen MR) is 111 cm³/mol. The largest absolute Gasteiger partial charge is 0.331 e. The Labute approximate surface area is 171 Å². The number of nitrogens with one attached hydrogen (secondary N) is 1. The number of aromatic nitrogens is 4. The molecule has 2 heterocycles. The van der Waals surface area contributed by atoms with Crippen LogP contribution in [0.2, 0.25) is 0 Å². The minimum Gasteiger partial charge on any atom is -0.331 e. The van der Waals surface area contributed by atoms with Crippen LogP contribution in [0.4, 0.5) is 0 Å². The normalized spacial score (nSPS) is 18.5. The molecular formula is C23H27N5O. The molecule has 1 unspecified atom stereocenters. The first-order valence-electron chi connectivity index (χ1n) is 10.5. The van der Waals surface area contributed by atoms with Gasteiger partial charge in [-0.25, -0.2) is 4.98 Å². The van der Waals surface area contributed by atoms with E-state index in [9.17, 15) is 4.79 Å². The van der Waals surface area contributed by atoms with Gasteiger partial charge >= 0.3 is 0 Å². The zero-order valence-electron chi connectivity index (χ0n) is 17.1. The summed E-state index contributed by atoms with van der Waals surface area (Å²) in [5.74, 6) is 0.989. The quantitative estimate of drug-likeness (QED) is 0.727. The third-order valence-corrected chi connectivity index (χ3v) is 6.36. The molecule has 2 aromatic heterocycles. The van der Waals surface area contributed by atoms with Crippen molar-refractivity contribution in [2.45, 2.75) is 64.6 Å². The first-order chi connectivity index (χ1) is 14.1. The molecule has 0 saturated heterocycles. The van der Waals surface area contributed by atoms with E-state index in [0.717, 1.165) is 50.2 Å². The predicted octanol–water partition coefficient (Wildman–Crippen LogP) is 3.43. The summed E-state index contributed by atoms with van der Waals surface area (Å²) < 4.78 is 2.16. The average Bonchev–Trinajstić information content (AvgIpc) is 3.38. The van der Waals surface area contributed by atoms with Crippen LogP contribution in [0.15, 0.2) is 36.5 Å². The lowest BCUT2D eigenvalue weighted by atomic mass is 9.92. The highest BCUT2D eigenvalue weighted by Crippen LogP contribution is 2.35. The van der Waals surface area contributed by atoms with Crippen LogP contribution in [-0.4, -0.2) is 42.6 Å². The highest BCUT2D eigenvalue weighted by molar-refractivity contribution is 5.94. The number of amides is 1. The smallest absolute Gasteiger partial charge is 0.274 e. The van der Waals surface area contributed by atoms with Crippen LogP contribution in [0, 0.1) is 13.8 Å². The van der Waals surface area contributed by atoms with Crippen molar-refractivity contribution in [1.29, 1.82) is 0 Å². The Morgan fingerprint density at radius 1 is 1.17 bits per heavy atom. The molecule has 2 aliphatic carbocycles. The number of nitrogens with zero attached hydrogens (tertiary/aromatic N) is 4. The molecular weight excluding hydrogens is 362 g/mol. The van der Waals surface area contributed by atoms with Crippen molar-refractivity contribution in [3.8, 4) is 0 Å². The van der Waals surface area contributed by atoms with Crippen molar-refractivity contribution in [2.75, 3.05) is 0 Å². The summed E-state index contributed by atoms with van der Waals surface area (Å²) in [6.07, 6.45) is 6.95. The van der Waals surface area contributed by atoms with E-state index in [1.807, 2.05) is 38.2 Å². The number of fused-ring (bicyclic) bond motifs is 1. The van der Waals surface area contributed by atoms with Crippen molar-refractivity contribution in [3.05, 3.63) is 70.6 Å². The minimum atomic E-state index is 0.0943. The van der Waals surface area contributed by atoms with Gasteiger partial charge in [0, 0.05) is 30.0 Å². The van der Waals surface area contributed by atoms with E-state index in [1.165, 1.54) is 16.8 Å². The standard InChI is InChI=1S/C23H27N5O/c1-15-22(25-16(2)27(15)14-17-6-4-3-5-7-17)23(29)28(19-8-9-19)20-10-11-21-18(12-20)13-24-26-21/h3-7,13,19-20H,8-12,14H2,1-2H3,(H,24,26). The summed E-state index contributed by atoms with van der Waals surface area (Å²) in [6, 6.07) is 10.9. The van der Waals surface area contributed by atoms with Crippen LogP contribution >= 0.6 is 0 Å². The van der Waals surface area contributed by atoms with Gasteiger partial charge in [0.05, 0.1) is 6.20 Å². The molecule has 3 aromatic rings. The SMILES string of the molecule is Cc1nc(C(=O)N(C2CC2)C2CCc3[nH]ncc3C2)c(C)n1Cc1ccccc1.